The van der Waals surface area contributed by atoms with Gasteiger partial charge in [0.2, 0.25) is 0 Å². The predicted octanol–water partition coefficient (Wildman–Crippen LogP) is 2.99. The maximum Gasteiger partial charge on any atom is 0.251 e. The third kappa shape index (κ3) is 3.33. The van der Waals surface area contributed by atoms with Crippen LogP contribution in [-0.2, 0) is 0 Å². The second-order valence-electron chi connectivity index (χ2n) is 5.07. The predicted molar refractivity (Wildman–Crippen MR) is 62.8 cm³/mol. The van der Waals surface area contributed by atoms with Crippen molar-refractivity contribution in [1.29, 1.82) is 0 Å². The molecule has 16 heavy (non-hydrogen) atoms. The second-order valence-corrected chi connectivity index (χ2v) is 5.07. The van der Waals surface area contributed by atoms with Crippen LogP contribution in [0.5, 0.6) is 0 Å². The smallest absolute Gasteiger partial charge is 0.251 e. The van der Waals surface area contributed by atoms with Gasteiger partial charge < -0.3 is 5.32 Å². The summed E-state index contributed by atoms with van der Waals surface area (Å²) in [6, 6.07) is 5.73. The molecule has 1 atom stereocenters. The van der Waals surface area contributed by atoms with Gasteiger partial charge in [0.15, 0.2) is 0 Å². The summed E-state index contributed by atoms with van der Waals surface area (Å²) >= 11 is 0. The summed E-state index contributed by atoms with van der Waals surface area (Å²) in [5, 5.41) is 2.86. The van der Waals surface area contributed by atoms with Crippen LogP contribution in [0.2, 0.25) is 0 Å². The summed E-state index contributed by atoms with van der Waals surface area (Å²) in [7, 11) is 0. The fourth-order valence-electron chi connectivity index (χ4n) is 1.13. The van der Waals surface area contributed by atoms with Crippen molar-refractivity contribution in [2.75, 3.05) is 0 Å². The van der Waals surface area contributed by atoms with E-state index < -0.39 is 5.82 Å². The number of nitrogens with one attached hydrogen (secondary N) is 1. The molecule has 0 aromatic heterocycles. The van der Waals surface area contributed by atoms with Crippen LogP contribution in [0.3, 0.4) is 0 Å². The molecule has 0 aliphatic carbocycles. The minimum atomic E-state index is -0.393. The fraction of sp³-hybridized carbons (Fsp3) is 0.462. The molecule has 2 nitrogen and oxygen atoms in total. The molecule has 1 amide bonds. The Morgan fingerprint density at radius 1 is 1.38 bits per heavy atom. The molecule has 3 heteroatoms. The number of benzene rings is 1. The van der Waals surface area contributed by atoms with Crippen LogP contribution < -0.4 is 5.32 Å². The minimum Gasteiger partial charge on any atom is -0.349 e. The molecular weight excluding hydrogens is 205 g/mol. The topological polar surface area (TPSA) is 29.1 Å². The van der Waals surface area contributed by atoms with Gasteiger partial charge in [-0.05, 0) is 30.5 Å². The Balaban J connectivity index is 2.74. The Bertz CT molecular complexity index is 382. The molecular formula is C13H18FNO. The van der Waals surface area contributed by atoms with Gasteiger partial charge in [-0.15, -0.1) is 0 Å². The molecule has 1 unspecified atom stereocenters. The minimum absolute atomic E-state index is 0.0109. The molecule has 1 aromatic carbocycles. The summed E-state index contributed by atoms with van der Waals surface area (Å²) in [5.74, 6) is -0.627. The summed E-state index contributed by atoms with van der Waals surface area (Å²) in [4.78, 5) is 11.8. The molecule has 0 aliphatic rings. The van der Waals surface area contributed by atoms with Gasteiger partial charge in [-0.1, -0.05) is 26.8 Å². The Morgan fingerprint density at radius 3 is 2.50 bits per heavy atom. The average Bonchev–Trinajstić information content (AvgIpc) is 2.16. The zero-order valence-corrected chi connectivity index (χ0v) is 10.2. The molecule has 0 saturated heterocycles. The van der Waals surface area contributed by atoms with Crippen LogP contribution in [0.25, 0.3) is 0 Å². The lowest BCUT2D eigenvalue weighted by molar-refractivity contribution is 0.0909. The van der Waals surface area contributed by atoms with Crippen molar-refractivity contribution in [3.05, 3.63) is 35.6 Å². The molecule has 0 spiro atoms. The maximum atomic E-state index is 12.9. The van der Waals surface area contributed by atoms with Gasteiger partial charge in [-0.25, -0.2) is 4.39 Å². The van der Waals surface area contributed by atoms with E-state index in [1.807, 2.05) is 27.7 Å². The van der Waals surface area contributed by atoms with Crippen LogP contribution in [0, 0.1) is 11.2 Å². The normalized spacial score (nSPS) is 13.3. The molecule has 1 aromatic rings. The summed E-state index contributed by atoms with van der Waals surface area (Å²) in [6.45, 7) is 8.08. The van der Waals surface area contributed by atoms with Crippen molar-refractivity contribution in [3.63, 3.8) is 0 Å². The monoisotopic (exact) mass is 223 g/mol. The SMILES string of the molecule is CC(NC(=O)c1cccc(F)c1)C(C)(C)C. The summed E-state index contributed by atoms with van der Waals surface area (Å²) in [6.07, 6.45) is 0. The van der Waals surface area contributed by atoms with Crippen molar-refractivity contribution in [2.45, 2.75) is 33.7 Å². The van der Waals surface area contributed by atoms with Crippen molar-refractivity contribution in [2.24, 2.45) is 5.41 Å². The van der Waals surface area contributed by atoms with E-state index in [1.165, 1.54) is 18.2 Å². The van der Waals surface area contributed by atoms with Crippen molar-refractivity contribution >= 4 is 5.91 Å². The van der Waals surface area contributed by atoms with Gasteiger partial charge in [0.25, 0.3) is 5.91 Å². The van der Waals surface area contributed by atoms with E-state index in [9.17, 15) is 9.18 Å². The average molecular weight is 223 g/mol. The van der Waals surface area contributed by atoms with Crippen molar-refractivity contribution in [3.8, 4) is 0 Å². The van der Waals surface area contributed by atoms with E-state index in [0.717, 1.165) is 0 Å². The zero-order valence-electron chi connectivity index (χ0n) is 10.2. The molecule has 0 aliphatic heterocycles. The third-order valence-electron chi connectivity index (χ3n) is 2.73. The highest BCUT2D eigenvalue weighted by molar-refractivity contribution is 5.94. The molecule has 0 bridgehead atoms. The van der Waals surface area contributed by atoms with E-state index in [-0.39, 0.29) is 17.4 Å². The molecule has 1 N–H and O–H groups in total. The number of carbonyl (C=O) groups is 1. The number of carbonyl (C=O) groups excluding carboxylic acids is 1. The Kier molecular flexibility index (Phi) is 3.68. The summed E-state index contributed by atoms with van der Waals surface area (Å²) in [5.41, 5.74) is 0.347. The van der Waals surface area contributed by atoms with E-state index in [4.69, 9.17) is 0 Å². The van der Waals surface area contributed by atoms with Crippen LogP contribution in [0.4, 0.5) is 4.39 Å². The molecule has 0 saturated carbocycles. The molecule has 0 radical (unpaired) electrons. The largest absolute Gasteiger partial charge is 0.349 e. The maximum absolute atomic E-state index is 12.9. The van der Waals surface area contributed by atoms with E-state index in [1.54, 1.807) is 6.07 Å². The van der Waals surface area contributed by atoms with Gasteiger partial charge in [0, 0.05) is 11.6 Å². The lowest BCUT2D eigenvalue weighted by atomic mass is 9.88. The lowest BCUT2D eigenvalue weighted by Gasteiger charge is -2.28. The van der Waals surface area contributed by atoms with E-state index in [0.29, 0.717) is 5.56 Å². The van der Waals surface area contributed by atoms with Crippen molar-refractivity contribution in [1.82, 2.24) is 5.32 Å². The van der Waals surface area contributed by atoms with Gasteiger partial charge in [0.1, 0.15) is 5.82 Å². The Morgan fingerprint density at radius 2 is 2.00 bits per heavy atom. The van der Waals surface area contributed by atoms with Crippen LogP contribution in [0.1, 0.15) is 38.1 Å². The second kappa shape index (κ2) is 4.64. The first-order chi connectivity index (χ1) is 7.30. The molecule has 0 fully saturated rings. The van der Waals surface area contributed by atoms with Crippen molar-refractivity contribution < 1.29 is 9.18 Å². The third-order valence-corrected chi connectivity index (χ3v) is 2.73. The fourth-order valence-corrected chi connectivity index (χ4v) is 1.13. The van der Waals surface area contributed by atoms with Gasteiger partial charge in [-0.2, -0.15) is 0 Å². The number of hydrogen-bond acceptors (Lipinski definition) is 1. The van der Waals surface area contributed by atoms with E-state index >= 15 is 0 Å². The highest BCUT2D eigenvalue weighted by Crippen LogP contribution is 2.18. The van der Waals surface area contributed by atoms with Gasteiger partial charge in [-0.3, -0.25) is 4.79 Å². The lowest BCUT2D eigenvalue weighted by Crippen LogP contribution is -2.41. The first-order valence-corrected chi connectivity index (χ1v) is 5.37. The number of amides is 1. The summed E-state index contributed by atoms with van der Waals surface area (Å²) < 4.78 is 12.9. The van der Waals surface area contributed by atoms with Crippen LogP contribution in [0.15, 0.2) is 24.3 Å². The highest BCUT2D eigenvalue weighted by Gasteiger charge is 2.22. The van der Waals surface area contributed by atoms with Gasteiger partial charge >= 0.3 is 0 Å². The van der Waals surface area contributed by atoms with Gasteiger partial charge in [0.05, 0.1) is 0 Å². The van der Waals surface area contributed by atoms with Crippen LogP contribution >= 0.6 is 0 Å². The molecule has 0 heterocycles. The number of halogens is 1. The number of rotatable bonds is 2. The Labute approximate surface area is 95.9 Å². The first-order valence-electron chi connectivity index (χ1n) is 5.37. The van der Waals surface area contributed by atoms with E-state index in [2.05, 4.69) is 5.32 Å². The Hall–Kier alpha value is -1.38. The molecule has 1 rings (SSSR count). The van der Waals surface area contributed by atoms with Crippen LogP contribution in [-0.4, -0.2) is 11.9 Å². The quantitative estimate of drug-likeness (QED) is 0.820. The highest BCUT2D eigenvalue weighted by atomic mass is 19.1. The standard InChI is InChI=1S/C13H18FNO/c1-9(13(2,3)4)15-12(16)10-6-5-7-11(14)8-10/h5-9H,1-4H3,(H,15,16). The number of hydrogen-bond donors (Lipinski definition) is 1. The first kappa shape index (κ1) is 12.7. The zero-order chi connectivity index (χ0) is 12.3. The molecule has 88 valence electrons.